The fourth-order valence-electron chi connectivity index (χ4n) is 4.90. The van der Waals surface area contributed by atoms with E-state index in [-0.39, 0.29) is 17.9 Å². The zero-order valence-corrected chi connectivity index (χ0v) is 20.8. The van der Waals surface area contributed by atoms with E-state index in [1.807, 2.05) is 43.3 Å². The fraction of sp³-hybridized carbons (Fsp3) is 0.310. The first-order chi connectivity index (χ1) is 17.1. The summed E-state index contributed by atoms with van der Waals surface area (Å²) >= 11 is 6.09. The number of nitrogens with one attached hydrogen (secondary N) is 1. The lowest BCUT2D eigenvalue weighted by Gasteiger charge is -2.31. The van der Waals surface area contributed by atoms with Gasteiger partial charge in [-0.3, -0.25) is 9.69 Å². The predicted molar refractivity (Wildman–Crippen MR) is 141 cm³/mol. The van der Waals surface area contributed by atoms with Crippen molar-refractivity contribution in [2.45, 2.75) is 38.9 Å². The van der Waals surface area contributed by atoms with Crippen molar-refractivity contribution in [3.05, 3.63) is 101 Å². The Labute approximate surface area is 211 Å². The SMILES string of the molecule is C[C@@H](NC(=O)C1CCN(Cc2nc3ccccc3n2Cc2ccc(Cl)cc2)CC1)c1ccccc1. The molecule has 0 spiro atoms. The molecular formula is C29H31ClN4O. The number of para-hydroxylation sites is 2. The maximum Gasteiger partial charge on any atom is 0.223 e. The number of aromatic nitrogens is 2. The highest BCUT2D eigenvalue weighted by Crippen LogP contribution is 2.24. The molecule has 1 atom stereocenters. The second-order valence-corrected chi connectivity index (χ2v) is 9.86. The van der Waals surface area contributed by atoms with Gasteiger partial charge in [0.1, 0.15) is 5.82 Å². The van der Waals surface area contributed by atoms with E-state index in [1.54, 1.807) is 0 Å². The second-order valence-electron chi connectivity index (χ2n) is 9.42. The summed E-state index contributed by atoms with van der Waals surface area (Å²) in [4.78, 5) is 20.3. The van der Waals surface area contributed by atoms with E-state index >= 15 is 0 Å². The Morgan fingerprint density at radius 3 is 2.40 bits per heavy atom. The average molecular weight is 487 g/mol. The van der Waals surface area contributed by atoms with Gasteiger partial charge >= 0.3 is 0 Å². The minimum absolute atomic E-state index is 0.0227. The molecule has 1 aliphatic rings. The molecule has 1 fully saturated rings. The number of piperidine rings is 1. The van der Waals surface area contributed by atoms with Crippen LogP contribution in [0.5, 0.6) is 0 Å². The van der Waals surface area contributed by atoms with Gasteiger partial charge in [-0.05, 0) is 68.2 Å². The van der Waals surface area contributed by atoms with Crippen LogP contribution in [0.4, 0.5) is 0 Å². The van der Waals surface area contributed by atoms with Crippen molar-refractivity contribution in [1.29, 1.82) is 0 Å². The maximum atomic E-state index is 12.9. The standard InChI is InChI=1S/C29H31ClN4O/c1-21(23-7-3-2-4-8-23)31-29(35)24-15-17-33(18-16-24)20-28-32-26-9-5-6-10-27(26)34(28)19-22-11-13-25(30)14-12-22/h2-14,21,24H,15-20H2,1H3,(H,31,35)/t21-/m1/s1. The van der Waals surface area contributed by atoms with E-state index in [9.17, 15) is 4.79 Å². The molecule has 0 aliphatic carbocycles. The Kier molecular flexibility index (Phi) is 7.16. The third-order valence-electron chi connectivity index (χ3n) is 6.97. The van der Waals surface area contributed by atoms with Crippen molar-refractivity contribution >= 4 is 28.5 Å². The lowest BCUT2D eigenvalue weighted by molar-refractivity contribution is -0.127. The molecule has 1 aromatic heterocycles. The molecule has 1 saturated heterocycles. The molecule has 0 bridgehead atoms. The Bertz CT molecular complexity index is 1280. The van der Waals surface area contributed by atoms with Gasteiger partial charge in [0.15, 0.2) is 0 Å². The van der Waals surface area contributed by atoms with Gasteiger partial charge in [0.2, 0.25) is 5.91 Å². The zero-order valence-electron chi connectivity index (χ0n) is 20.0. The van der Waals surface area contributed by atoms with Crippen molar-refractivity contribution < 1.29 is 4.79 Å². The van der Waals surface area contributed by atoms with Crippen LogP contribution < -0.4 is 5.32 Å². The van der Waals surface area contributed by atoms with Crippen molar-refractivity contribution in [1.82, 2.24) is 19.8 Å². The summed E-state index contributed by atoms with van der Waals surface area (Å²) in [6.07, 6.45) is 1.73. The van der Waals surface area contributed by atoms with Crippen molar-refractivity contribution in [2.75, 3.05) is 13.1 Å². The van der Waals surface area contributed by atoms with Gasteiger partial charge in [0.05, 0.1) is 23.6 Å². The van der Waals surface area contributed by atoms with Gasteiger partial charge in [-0.1, -0.05) is 66.2 Å². The number of halogens is 1. The van der Waals surface area contributed by atoms with Crippen LogP contribution in [0, 0.1) is 5.92 Å². The van der Waals surface area contributed by atoms with Gasteiger partial charge in [0.25, 0.3) is 0 Å². The molecule has 1 aliphatic heterocycles. The van der Waals surface area contributed by atoms with Gasteiger partial charge in [-0.2, -0.15) is 0 Å². The summed E-state index contributed by atoms with van der Waals surface area (Å²) in [6, 6.07) is 26.5. The minimum atomic E-state index is 0.0227. The highest BCUT2D eigenvalue weighted by Gasteiger charge is 2.27. The predicted octanol–water partition coefficient (Wildman–Crippen LogP) is 5.83. The first kappa shape index (κ1) is 23.6. The number of amides is 1. The summed E-state index contributed by atoms with van der Waals surface area (Å²) in [5, 5.41) is 3.95. The Hall–Kier alpha value is -3.15. The molecule has 1 N–H and O–H groups in total. The smallest absolute Gasteiger partial charge is 0.223 e. The lowest BCUT2D eigenvalue weighted by Crippen LogP contribution is -2.41. The fourth-order valence-corrected chi connectivity index (χ4v) is 5.03. The molecule has 4 aromatic rings. The van der Waals surface area contributed by atoms with E-state index in [1.165, 1.54) is 5.56 Å². The largest absolute Gasteiger partial charge is 0.349 e. The summed E-state index contributed by atoms with van der Waals surface area (Å²) in [7, 11) is 0. The number of likely N-dealkylation sites (tertiary alicyclic amines) is 1. The Balaban J connectivity index is 1.23. The summed E-state index contributed by atoms with van der Waals surface area (Å²) < 4.78 is 2.30. The maximum absolute atomic E-state index is 12.9. The molecule has 3 aromatic carbocycles. The van der Waals surface area contributed by atoms with Gasteiger partial charge in [0, 0.05) is 17.5 Å². The van der Waals surface area contributed by atoms with E-state index in [2.05, 4.69) is 57.2 Å². The van der Waals surface area contributed by atoms with Crippen LogP contribution in [0.1, 0.15) is 42.8 Å². The van der Waals surface area contributed by atoms with Crippen LogP contribution in [-0.2, 0) is 17.9 Å². The highest BCUT2D eigenvalue weighted by atomic mass is 35.5. The number of hydrogen-bond donors (Lipinski definition) is 1. The number of hydrogen-bond acceptors (Lipinski definition) is 3. The molecule has 6 heteroatoms. The third kappa shape index (κ3) is 5.58. The Morgan fingerprint density at radius 2 is 1.66 bits per heavy atom. The third-order valence-corrected chi connectivity index (χ3v) is 7.22. The van der Waals surface area contributed by atoms with Gasteiger partial charge < -0.3 is 9.88 Å². The van der Waals surface area contributed by atoms with Crippen molar-refractivity contribution in [3.63, 3.8) is 0 Å². The molecule has 35 heavy (non-hydrogen) atoms. The van der Waals surface area contributed by atoms with Crippen LogP contribution in [0.25, 0.3) is 11.0 Å². The molecule has 2 heterocycles. The number of imidazole rings is 1. The number of rotatable bonds is 7. The van der Waals surface area contributed by atoms with Crippen molar-refractivity contribution in [3.8, 4) is 0 Å². The molecule has 5 rings (SSSR count). The average Bonchev–Trinajstić information content (AvgIpc) is 3.23. The second kappa shape index (κ2) is 10.6. The molecule has 0 unspecified atom stereocenters. The molecule has 5 nitrogen and oxygen atoms in total. The first-order valence-electron chi connectivity index (χ1n) is 12.3. The molecular weight excluding hydrogens is 456 g/mol. The number of nitrogens with zero attached hydrogens (tertiary/aromatic N) is 3. The van der Waals surface area contributed by atoms with Crippen LogP contribution in [0.2, 0.25) is 5.02 Å². The number of benzene rings is 3. The van der Waals surface area contributed by atoms with Gasteiger partial charge in [-0.15, -0.1) is 0 Å². The molecule has 1 amide bonds. The number of carbonyl (C=O) groups excluding carboxylic acids is 1. The topological polar surface area (TPSA) is 50.2 Å². The van der Waals surface area contributed by atoms with E-state index in [0.717, 1.165) is 66.5 Å². The quantitative estimate of drug-likeness (QED) is 0.357. The summed E-state index contributed by atoms with van der Waals surface area (Å²) in [6.45, 7) is 5.36. The normalized spacial score (nSPS) is 15.8. The van der Waals surface area contributed by atoms with Crippen LogP contribution >= 0.6 is 11.6 Å². The minimum Gasteiger partial charge on any atom is -0.349 e. The van der Waals surface area contributed by atoms with E-state index in [0.29, 0.717) is 0 Å². The van der Waals surface area contributed by atoms with Crippen molar-refractivity contribution in [2.24, 2.45) is 5.92 Å². The Morgan fingerprint density at radius 1 is 0.971 bits per heavy atom. The monoisotopic (exact) mass is 486 g/mol. The van der Waals surface area contributed by atoms with Crippen LogP contribution in [0.15, 0.2) is 78.9 Å². The van der Waals surface area contributed by atoms with E-state index in [4.69, 9.17) is 16.6 Å². The van der Waals surface area contributed by atoms with Gasteiger partial charge in [-0.25, -0.2) is 4.98 Å². The highest BCUT2D eigenvalue weighted by molar-refractivity contribution is 6.30. The van der Waals surface area contributed by atoms with Crippen LogP contribution in [0.3, 0.4) is 0 Å². The van der Waals surface area contributed by atoms with E-state index < -0.39 is 0 Å². The number of carbonyl (C=O) groups is 1. The number of fused-ring (bicyclic) bond motifs is 1. The lowest BCUT2D eigenvalue weighted by atomic mass is 9.95. The molecule has 0 radical (unpaired) electrons. The molecule has 180 valence electrons. The molecule has 0 saturated carbocycles. The summed E-state index contributed by atoms with van der Waals surface area (Å²) in [5.74, 6) is 1.28. The summed E-state index contributed by atoms with van der Waals surface area (Å²) in [5.41, 5.74) is 4.49. The first-order valence-corrected chi connectivity index (χ1v) is 12.7. The van der Waals surface area contributed by atoms with Crippen LogP contribution in [-0.4, -0.2) is 33.4 Å². The zero-order chi connectivity index (χ0) is 24.2.